The maximum absolute atomic E-state index is 11.6. The van der Waals surface area contributed by atoms with E-state index in [-0.39, 0.29) is 25.8 Å². The molecule has 0 bridgehead atoms. The van der Waals surface area contributed by atoms with Gasteiger partial charge in [-0.25, -0.2) is 0 Å². The summed E-state index contributed by atoms with van der Waals surface area (Å²) in [7, 11) is 0. The summed E-state index contributed by atoms with van der Waals surface area (Å²) in [5.74, 6) is -0.101. The Bertz CT molecular complexity index is 691. The van der Waals surface area contributed by atoms with Crippen LogP contribution in [0.2, 0.25) is 0 Å². The summed E-state index contributed by atoms with van der Waals surface area (Å²) in [4.78, 5) is 22.0. The highest BCUT2D eigenvalue weighted by Crippen LogP contribution is 2.36. The minimum atomic E-state index is -1.07. The van der Waals surface area contributed by atoms with Crippen molar-refractivity contribution < 1.29 is 24.2 Å². The van der Waals surface area contributed by atoms with E-state index < -0.39 is 5.97 Å². The van der Waals surface area contributed by atoms with Crippen LogP contribution in [0.4, 0.5) is 0 Å². The molecule has 7 heteroatoms. The zero-order chi connectivity index (χ0) is 14.1. The standard InChI is InChI=1S/C13H12N2O5/c16-12(14-5-13(17)18)6-15-2-1-8-3-10-11(4-9(8)15)20-7-19-10/h1-4H,5-7H2,(H,14,16)(H,17,18). The normalized spacial score (nSPS) is 12.6. The lowest BCUT2D eigenvalue weighted by Gasteiger charge is -2.06. The minimum Gasteiger partial charge on any atom is -0.480 e. The zero-order valence-corrected chi connectivity index (χ0v) is 10.5. The van der Waals surface area contributed by atoms with Crippen LogP contribution in [-0.2, 0) is 16.1 Å². The number of hydrogen-bond donors (Lipinski definition) is 2. The Balaban J connectivity index is 1.82. The van der Waals surface area contributed by atoms with Crippen LogP contribution in [-0.4, -0.2) is 34.9 Å². The Morgan fingerprint density at radius 2 is 2.05 bits per heavy atom. The van der Waals surface area contributed by atoms with Crippen molar-refractivity contribution in [2.24, 2.45) is 0 Å². The lowest BCUT2D eigenvalue weighted by molar-refractivity contribution is -0.138. The molecule has 1 aliphatic heterocycles. The highest BCUT2D eigenvalue weighted by molar-refractivity contribution is 5.87. The number of amides is 1. The zero-order valence-electron chi connectivity index (χ0n) is 10.5. The number of carbonyl (C=O) groups is 2. The van der Waals surface area contributed by atoms with Crippen molar-refractivity contribution in [2.45, 2.75) is 6.54 Å². The Morgan fingerprint density at radius 3 is 2.80 bits per heavy atom. The first kappa shape index (κ1) is 12.3. The SMILES string of the molecule is O=C(O)CNC(=O)Cn1ccc2cc3c(cc21)OCO3. The van der Waals surface area contributed by atoms with Gasteiger partial charge in [0.2, 0.25) is 12.7 Å². The summed E-state index contributed by atoms with van der Waals surface area (Å²) in [5.41, 5.74) is 0.833. The molecule has 0 unspecified atom stereocenters. The second-order valence-corrected chi connectivity index (χ2v) is 4.38. The molecule has 1 amide bonds. The number of ether oxygens (including phenoxy) is 2. The lowest BCUT2D eigenvalue weighted by Crippen LogP contribution is -2.31. The average Bonchev–Trinajstić information content (AvgIpc) is 3.01. The molecule has 7 nitrogen and oxygen atoms in total. The van der Waals surface area contributed by atoms with Gasteiger partial charge in [-0.1, -0.05) is 0 Å². The summed E-state index contributed by atoms with van der Waals surface area (Å²) in [6, 6.07) is 5.52. The van der Waals surface area contributed by atoms with Crippen molar-refractivity contribution in [1.82, 2.24) is 9.88 Å². The number of benzene rings is 1. The molecule has 0 fully saturated rings. The Kier molecular flexibility index (Phi) is 2.94. The van der Waals surface area contributed by atoms with Crippen molar-refractivity contribution in [1.29, 1.82) is 0 Å². The van der Waals surface area contributed by atoms with Gasteiger partial charge in [-0.15, -0.1) is 0 Å². The third kappa shape index (κ3) is 2.25. The molecule has 0 saturated heterocycles. The molecule has 0 radical (unpaired) electrons. The first-order chi connectivity index (χ1) is 9.63. The number of hydrogen-bond acceptors (Lipinski definition) is 4. The summed E-state index contributed by atoms with van der Waals surface area (Å²) in [6.45, 7) is -0.137. The van der Waals surface area contributed by atoms with Crippen molar-refractivity contribution >= 4 is 22.8 Å². The fraction of sp³-hybridized carbons (Fsp3) is 0.231. The molecule has 104 valence electrons. The van der Waals surface area contributed by atoms with Crippen LogP contribution in [0.5, 0.6) is 11.5 Å². The molecule has 20 heavy (non-hydrogen) atoms. The first-order valence-electron chi connectivity index (χ1n) is 6.00. The number of carboxylic acids is 1. The smallest absolute Gasteiger partial charge is 0.322 e. The Morgan fingerprint density at radius 1 is 1.30 bits per heavy atom. The van der Waals surface area contributed by atoms with Crippen molar-refractivity contribution in [3.05, 3.63) is 24.4 Å². The monoisotopic (exact) mass is 276 g/mol. The number of aliphatic carboxylic acids is 1. The Labute approximate surface area is 113 Å². The summed E-state index contributed by atoms with van der Waals surface area (Å²) in [5, 5.41) is 11.8. The minimum absolute atomic E-state index is 0.0520. The third-order valence-electron chi connectivity index (χ3n) is 3.02. The summed E-state index contributed by atoms with van der Waals surface area (Å²) in [6.07, 6.45) is 1.76. The van der Waals surface area contributed by atoms with E-state index in [0.717, 1.165) is 10.9 Å². The van der Waals surface area contributed by atoms with Crippen LogP contribution < -0.4 is 14.8 Å². The van der Waals surface area contributed by atoms with E-state index in [4.69, 9.17) is 14.6 Å². The predicted molar refractivity (Wildman–Crippen MR) is 68.7 cm³/mol. The molecule has 2 heterocycles. The molecule has 1 aromatic carbocycles. The fourth-order valence-corrected chi connectivity index (χ4v) is 2.10. The molecule has 1 aliphatic rings. The molecule has 2 N–H and O–H groups in total. The highest BCUT2D eigenvalue weighted by atomic mass is 16.7. The summed E-state index contributed by atoms with van der Waals surface area (Å²) < 4.78 is 12.3. The molecule has 0 atom stereocenters. The van der Waals surface area contributed by atoms with E-state index >= 15 is 0 Å². The van der Waals surface area contributed by atoms with Gasteiger partial charge in [0.15, 0.2) is 11.5 Å². The van der Waals surface area contributed by atoms with E-state index in [1.54, 1.807) is 10.8 Å². The van der Waals surface area contributed by atoms with Gasteiger partial charge in [-0.05, 0) is 12.1 Å². The maximum atomic E-state index is 11.6. The largest absolute Gasteiger partial charge is 0.480 e. The van der Waals surface area contributed by atoms with E-state index in [1.807, 2.05) is 18.2 Å². The third-order valence-corrected chi connectivity index (χ3v) is 3.02. The topological polar surface area (TPSA) is 89.8 Å². The van der Waals surface area contributed by atoms with Crippen LogP contribution in [0.1, 0.15) is 0 Å². The van der Waals surface area contributed by atoms with Crippen molar-refractivity contribution in [3.8, 4) is 11.5 Å². The molecule has 0 aliphatic carbocycles. The molecule has 0 saturated carbocycles. The second-order valence-electron chi connectivity index (χ2n) is 4.38. The number of aromatic nitrogens is 1. The van der Waals surface area contributed by atoms with Gasteiger partial charge in [0.05, 0.1) is 5.52 Å². The molecule has 2 aromatic rings. The number of fused-ring (bicyclic) bond motifs is 2. The van der Waals surface area contributed by atoms with E-state index in [0.29, 0.717) is 11.5 Å². The average molecular weight is 276 g/mol. The van der Waals surface area contributed by atoms with Gasteiger partial charge >= 0.3 is 5.97 Å². The van der Waals surface area contributed by atoms with Crippen LogP contribution in [0.25, 0.3) is 10.9 Å². The fourth-order valence-electron chi connectivity index (χ4n) is 2.10. The molecule has 1 aromatic heterocycles. The van der Waals surface area contributed by atoms with Crippen LogP contribution in [0.15, 0.2) is 24.4 Å². The van der Waals surface area contributed by atoms with E-state index in [2.05, 4.69) is 5.32 Å². The van der Waals surface area contributed by atoms with Gasteiger partial charge in [-0.2, -0.15) is 0 Å². The number of nitrogens with one attached hydrogen (secondary N) is 1. The quantitative estimate of drug-likeness (QED) is 0.852. The first-order valence-corrected chi connectivity index (χ1v) is 6.00. The molecule has 0 spiro atoms. The number of nitrogens with zero attached hydrogens (tertiary/aromatic N) is 1. The van der Waals surface area contributed by atoms with Gasteiger partial charge < -0.3 is 24.5 Å². The van der Waals surface area contributed by atoms with Crippen molar-refractivity contribution in [2.75, 3.05) is 13.3 Å². The van der Waals surface area contributed by atoms with Crippen molar-refractivity contribution in [3.63, 3.8) is 0 Å². The van der Waals surface area contributed by atoms with Crippen LogP contribution in [0, 0.1) is 0 Å². The molecule has 3 rings (SSSR count). The van der Waals surface area contributed by atoms with Crippen LogP contribution >= 0.6 is 0 Å². The van der Waals surface area contributed by atoms with Gasteiger partial charge in [0, 0.05) is 17.6 Å². The van der Waals surface area contributed by atoms with E-state index in [1.165, 1.54) is 0 Å². The number of rotatable bonds is 4. The number of carbonyl (C=O) groups excluding carboxylic acids is 1. The van der Waals surface area contributed by atoms with Crippen LogP contribution in [0.3, 0.4) is 0 Å². The maximum Gasteiger partial charge on any atom is 0.322 e. The van der Waals surface area contributed by atoms with Gasteiger partial charge in [-0.3, -0.25) is 9.59 Å². The Hall–Kier alpha value is -2.70. The lowest BCUT2D eigenvalue weighted by atomic mass is 10.2. The van der Waals surface area contributed by atoms with Gasteiger partial charge in [0.1, 0.15) is 13.1 Å². The highest BCUT2D eigenvalue weighted by Gasteiger charge is 2.16. The molecular formula is C13H12N2O5. The summed E-state index contributed by atoms with van der Waals surface area (Å²) >= 11 is 0. The molecular weight excluding hydrogens is 264 g/mol. The van der Waals surface area contributed by atoms with E-state index in [9.17, 15) is 9.59 Å². The number of carboxylic acid groups (broad SMARTS) is 1. The predicted octanol–water partition coefficient (Wildman–Crippen LogP) is 0.571. The van der Waals surface area contributed by atoms with Gasteiger partial charge in [0.25, 0.3) is 0 Å². The second kappa shape index (κ2) is 4.76.